The fourth-order valence-corrected chi connectivity index (χ4v) is 3.86. The van der Waals surface area contributed by atoms with Crippen molar-refractivity contribution in [1.29, 1.82) is 0 Å². The van der Waals surface area contributed by atoms with Crippen LogP contribution >= 0.6 is 0 Å². The number of alkyl halides is 3. The number of anilines is 3. The van der Waals surface area contributed by atoms with Crippen LogP contribution in [0.3, 0.4) is 0 Å². The molecular formula is C22H20F3N5O2. The zero-order valence-electron chi connectivity index (χ0n) is 16.8. The Morgan fingerprint density at radius 1 is 1.12 bits per heavy atom. The van der Waals surface area contributed by atoms with Crippen molar-refractivity contribution in [3.05, 3.63) is 65.4 Å². The Morgan fingerprint density at radius 2 is 1.91 bits per heavy atom. The molecular weight excluding hydrogens is 423 g/mol. The molecule has 2 aliphatic rings. The van der Waals surface area contributed by atoms with Crippen molar-refractivity contribution in [2.75, 3.05) is 16.0 Å². The largest absolute Gasteiger partial charge is 0.418 e. The monoisotopic (exact) mass is 443 g/mol. The summed E-state index contributed by atoms with van der Waals surface area (Å²) in [6.45, 7) is 0. The molecule has 1 unspecified atom stereocenters. The van der Waals surface area contributed by atoms with E-state index in [-0.39, 0.29) is 23.6 Å². The van der Waals surface area contributed by atoms with Gasteiger partial charge in [0.2, 0.25) is 5.91 Å². The highest BCUT2D eigenvalue weighted by atomic mass is 19.4. The Labute approximate surface area is 181 Å². The van der Waals surface area contributed by atoms with E-state index in [0.29, 0.717) is 24.2 Å². The number of hydrogen-bond donors (Lipinski definition) is 4. The number of aliphatic imine (C=N–C) groups is 1. The number of halogens is 3. The van der Waals surface area contributed by atoms with Crippen molar-refractivity contribution in [2.45, 2.75) is 31.1 Å². The van der Waals surface area contributed by atoms with Gasteiger partial charge in [-0.25, -0.2) is 0 Å². The summed E-state index contributed by atoms with van der Waals surface area (Å²) in [5.41, 5.74) is 4.70. The summed E-state index contributed by atoms with van der Waals surface area (Å²) in [7, 11) is 0. The van der Waals surface area contributed by atoms with Crippen molar-refractivity contribution >= 4 is 35.1 Å². The van der Waals surface area contributed by atoms with Gasteiger partial charge in [-0.05, 0) is 42.3 Å². The molecule has 0 aromatic heterocycles. The zero-order valence-corrected chi connectivity index (χ0v) is 16.8. The van der Waals surface area contributed by atoms with E-state index in [1.807, 2.05) is 0 Å². The van der Waals surface area contributed by atoms with Crippen molar-refractivity contribution in [1.82, 2.24) is 0 Å². The second kappa shape index (κ2) is 8.03. The predicted octanol–water partition coefficient (Wildman–Crippen LogP) is 3.81. The lowest BCUT2D eigenvalue weighted by Crippen LogP contribution is -2.53. The number of rotatable bonds is 5. The van der Waals surface area contributed by atoms with Crippen molar-refractivity contribution in [2.24, 2.45) is 10.7 Å². The summed E-state index contributed by atoms with van der Waals surface area (Å²) in [4.78, 5) is 27.2. The molecule has 2 aliphatic heterocycles. The Balaban J connectivity index is 1.77. The number of fused-ring (bicyclic) bond motifs is 1. The number of benzene rings is 2. The maximum absolute atomic E-state index is 14.1. The van der Waals surface area contributed by atoms with Crippen LogP contribution < -0.4 is 21.7 Å². The number of amides is 2. The molecule has 166 valence electrons. The van der Waals surface area contributed by atoms with E-state index in [4.69, 9.17) is 5.73 Å². The SMILES string of the molecule is NC(=O)c1ccccc1NC1(Nc2ccc3c(c2)CCC(=O)N3)CC=NC=C1C(F)(F)F. The van der Waals surface area contributed by atoms with Crippen LogP contribution in [0, 0.1) is 0 Å². The van der Waals surface area contributed by atoms with Crippen LogP contribution in [0.4, 0.5) is 30.2 Å². The molecule has 0 fully saturated rings. The first-order chi connectivity index (χ1) is 15.2. The Morgan fingerprint density at radius 3 is 2.66 bits per heavy atom. The number of carbonyl (C=O) groups excluding carboxylic acids is 2. The number of aryl methyl sites for hydroxylation is 1. The summed E-state index contributed by atoms with van der Waals surface area (Å²) in [5.74, 6) is -0.875. The minimum Gasteiger partial charge on any atom is -0.366 e. The highest BCUT2D eigenvalue weighted by molar-refractivity contribution is 5.99. The van der Waals surface area contributed by atoms with Crippen LogP contribution in [0.25, 0.3) is 0 Å². The van der Waals surface area contributed by atoms with E-state index in [9.17, 15) is 22.8 Å². The third kappa shape index (κ3) is 4.16. The molecule has 10 heteroatoms. The Bertz CT molecular complexity index is 1140. The topological polar surface area (TPSA) is 109 Å². The highest BCUT2D eigenvalue weighted by Crippen LogP contribution is 2.41. The fourth-order valence-electron chi connectivity index (χ4n) is 3.86. The van der Waals surface area contributed by atoms with E-state index in [0.717, 1.165) is 11.8 Å². The number of para-hydroxylation sites is 1. The van der Waals surface area contributed by atoms with Gasteiger partial charge in [0, 0.05) is 42.3 Å². The van der Waals surface area contributed by atoms with Crippen molar-refractivity contribution in [3.63, 3.8) is 0 Å². The van der Waals surface area contributed by atoms with E-state index in [2.05, 4.69) is 20.9 Å². The average Bonchev–Trinajstić information content (AvgIpc) is 2.73. The molecule has 0 radical (unpaired) electrons. The van der Waals surface area contributed by atoms with Crippen LogP contribution in [0.1, 0.15) is 28.8 Å². The lowest BCUT2D eigenvalue weighted by Gasteiger charge is -2.40. The molecule has 32 heavy (non-hydrogen) atoms. The predicted molar refractivity (Wildman–Crippen MR) is 116 cm³/mol. The molecule has 0 saturated heterocycles. The van der Waals surface area contributed by atoms with Gasteiger partial charge in [-0.15, -0.1) is 0 Å². The maximum atomic E-state index is 14.1. The number of nitrogens with one attached hydrogen (secondary N) is 3. The molecule has 2 aromatic rings. The lowest BCUT2D eigenvalue weighted by molar-refractivity contribution is -0.116. The van der Waals surface area contributed by atoms with Gasteiger partial charge in [0.15, 0.2) is 0 Å². The van der Waals surface area contributed by atoms with Gasteiger partial charge < -0.3 is 21.7 Å². The van der Waals surface area contributed by atoms with Crippen LogP contribution in [-0.4, -0.2) is 29.9 Å². The van der Waals surface area contributed by atoms with Gasteiger partial charge in [0.1, 0.15) is 5.66 Å². The fraction of sp³-hybridized carbons (Fsp3) is 0.227. The minimum absolute atomic E-state index is 0.0610. The molecule has 0 spiro atoms. The zero-order chi connectivity index (χ0) is 22.9. The Kier molecular flexibility index (Phi) is 5.37. The smallest absolute Gasteiger partial charge is 0.366 e. The van der Waals surface area contributed by atoms with Crippen LogP contribution in [0.15, 0.2) is 59.2 Å². The minimum atomic E-state index is -4.71. The lowest BCUT2D eigenvalue weighted by atomic mass is 9.92. The highest BCUT2D eigenvalue weighted by Gasteiger charge is 2.50. The summed E-state index contributed by atoms with van der Waals surface area (Å²) in [6, 6.07) is 11.0. The molecule has 2 amide bonds. The number of nitrogens with two attached hydrogens (primary N) is 1. The van der Waals surface area contributed by atoms with Crippen LogP contribution in [0.5, 0.6) is 0 Å². The van der Waals surface area contributed by atoms with Gasteiger partial charge in [0.05, 0.1) is 11.1 Å². The molecule has 7 nitrogen and oxygen atoms in total. The average molecular weight is 443 g/mol. The third-order valence-electron chi connectivity index (χ3n) is 5.37. The molecule has 2 heterocycles. The second-order valence-electron chi connectivity index (χ2n) is 7.56. The third-order valence-corrected chi connectivity index (χ3v) is 5.37. The summed E-state index contributed by atoms with van der Waals surface area (Å²) < 4.78 is 42.2. The quantitative estimate of drug-likeness (QED) is 0.527. The molecule has 0 saturated carbocycles. The van der Waals surface area contributed by atoms with E-state index in [1.54, 1.807) is 30.3 Å². The summed E-state index contributed by atoms with van der Waals surface area (Å²) in [5, 5.41) is 8.59. The number of nitrogens with zero attached hydrogens (tertiary/aromatic N) is 1. The van der Waals surface area contributed by atoms with Crippen LogP contribution in [-0.2, 0) is 11.2 Å². The molecule has 1 atom stereocenters. The molecule has 4 rings (SSSR count). The van der Waals surface area contributed by atoms with E-state index < -0.39 is 23.3 Å². The second-order valence-corrected chi connectivity index (χ2v) is 7.56. The number of hydrogen-bond acceptors (Lipinski definition) is 5. The summed E-state index contributed by atoms with van der Waals surface area (Å²) in [6.07, 6.45) is -1.96. The molecule has 0 bridgehead atoms. The maximum Gasteiger partial charge on any atom is 0.418 e. The molecule has 0 aliphatic carbocycles. The normalized spacial score (nSPS) is 20.1. The van der Waals surface area contributed by atoms with E-state index in [1.165, 1.54) is 18.3 Å². The van der Waals surface area contributed by atoms with E-state index >= 15 is 0 Å². The standard InChI is InChI=1S/C22H20F3N5O2/c23-22(24,25)18-12-27-10-9-21(18,30-17-4-2-1-3-15(17)20(26)32)29-14-6-7-16-13(11-14)5-8-19(31)28-16/h1-4,6-7,10-12,29-30H,5,8-9H2,(H2,26,32)(H,28,31). The number of primary amides is 1. The van der Waals surface area contributed by atoms with Gasteiger partial charge >= 0.3 is 6.18 Å². The van der Waals surface area contributed by atoms with Crippen molar-refractivity contribution in [3.8, 4) is 0 Å². The first-order valence-electron chi connectivity index (χ1n) is 9.85. The molecule has 5 N–H and O–H groups in total. The number of carbonyl (C=O) groups is 2. The first kappa shape index (κ1) is 21.4. The van der Waals surface area contributed by atoms with Crippen molar-refractivity contribution < 1.29 is 22.8 Å². The Hall–Kier alpha value is -3.82. The summed E-state index contributed by atoms with van der Waals surface area (Å²) >= 11 is 0. The van der Waals surface area contributed by atoms with Gasteiger partial charge in [-0.3, -0.25) is 14.6 Å². The molecule has 2 aromatic carbocycles. The van der Waals surface area contributed by atoms with Gasteiger partial charge in [0.25, 0.3) is 5.91 Å². The van der Waals surface area contributed by atoms with Crippen LogP contribution in [0.2, 0.25) is 0 Å². The van der Waals surface area contributed by atoms with Gasteiger partial charge in [-0.2, -0.15) is 13.2 Å². The van der Waals surface area contributed by atoms with Gasteiger partial charge in [-0.1, -0.05) is 12.1 Å². The first-order valence-corrected chi connectivity index (χ1v) is 9.85.